The van der Waals surface area contributed by atoms with Crippen molar-refractivity contribution in [2.45, 2.75) is 6.42 Å². The summed E-state index contributed by atoms with van der Waals surface area (Å²) >= 11 is 0. The molecule has 0 spiro atoms. The summed E-state index contributed by atoms with van der Waals surface area (Å²) < 4.78 is 0. The monoisotopic (exact) mass is 223 g/mol. The van der Waals surface area contributed by atoms with Crippen molar-refractivity contribution in [3.05, 3.63) is 25.3 Å². The number of nitrogens with one attached hydrogen (secondary N) is 1. The molecule has 1 rings (SSSR count). The average Bonchev–Trinajstić information content (AvgIpc) is 2.31. The molecule has 1 fully saturated rings. The van der Waals surface area contributed by atoms with E-state index in [-0.39, 0.29) is 0 Å². The lowest BCUT2D eigenvalue weighted by atomic mass is 10.3. The normalized spacial score (nSPS) is 17.6. The third-order valence-electron chi connectivity index (χ3n) is 2.93. The van der Waals surface area contributed by atoms with Crippen LogP contribution in [0.15, 0.2) is 25.3 Å². The lowest BCUT2D eigenvalue weighted by Crippen LogP contribution is -2.44. The average molecular weight is 223 g/mol. The van der Waals surface area contributed by atoms with Gasteiger partial charge < -0.3 is 10.2 Å². The zero-order valence-corrected chi connectivity index (χ0v) is 10.3. The fourth-order valence-corrected chi connectivity index (χ4v) is 2.07. The Bertz CT molecular complexity index is 187. The molecule has 0 aromatic carbocycles. The minimum absolute atomic E-state index is 0.966. The van der Waals surface area contributed by atoms with Crippen molar-refractivity contribution in [2.24, 2.45) is 0 Å². The molecule has 1 saturated heterocycles. The predicted molar refractivity (Wildman–Crippen MR) is 70.8 cm³/mol. The second kappa shape index (κ2) is 8.50. The number of piperazine rings is 1. The van der Waals surface area contributed by atoms with Crippen LogP contribution in [0.3, 0.4) is 0 Å². The number of rotatable bonds is 8. The van der Waals surface area contributed by atoms with E-state index in [2.05, 4.69) is 28.3 Å². The Hall–Kier alpha value is -0.640. The van der Waals surface area contributed by atoms with Gasteiger partial charge in [-0.2, -0.15) is 0 Å². The number of hydrogen-bond acceptors (Lipinski definition) is 3. The summed E-state index contributed by atoms with van der Waals surface area (Å²) in [5, 5.41) is 3.38. The van der Waals surface area contributed by atoms with Gasteiger partial charge in [-0.15, -0.1) is 13.2 Å². The first-order valence-electron chi connectivity index (χ1n) is 6.24. The molecule has 3 heteroatoms. The van der Waals surface area contributed by atoms with E-state index in [4.69, 9.17) is 0 Å². The molecule has 0 amide bonds. The van der Waals surface area contributed by atoms with Gasteiger partial charge in [-0.3, -0.25) is 4.90 Å². The molecule has 1 heterocycles. The molecule has 16 heavy (non-hydrogen) atoms. The molecule has 1 aliphatic rings. The van der Waals surface area contributed by atoms with Crippen LogP contribution in [0.2, 0.25) is 0 Å². The fourth-order valence-electron chi connectivity index (χ4n) is 2.07. The number of nitrogens with zero attached hydrogens (tertiary/aromatic N) is 2. The molecule has 0 atom stereocenters. The summed E-state index contributed by atoms with van der Waals surface area (Å²) in [5.41, 5.74) is 0. The highest BCUT2D eigenvalue weighted by Gasteiger charge is 2.09. The van der Waals surface area contributed by atoms with Gasteiger partial charge in [0.05, 0.1) is 0 Å². The summed E-state index contributed by atoms with van der Waals surface area (Å²) in [6.45, 7) is 16.5. The fraction of sp³-hybridized carbons (Fsp3) is 0.692. The van der Waals surface area contributed by atoms with Gasteiger partial charge in [0.15, 0.2) is 0 Å². The van der Waals surface area contributed by atoms with Crippen LogP contribution in [0.5, 0.6) is 0 Å². The highest BCUT2D eigenvalue weighted by Crippen LogP contribution is 1.97. The standard InChI is InChI=1S/C13H25N3/c1-3-8-15(9-4-2)10-5-11-16-12-6-14-7-13-16/h3-4,14H,1-2,5-13H2. The molecule has 0 aromatic rings. The molecule has 1 N–H and O–H groups in total. The molecule has 0 unspecified atom stereocenters. The van der Waals surface area contributed by atoms with Crippen LogP contribution in [0.4, 0.5) is 0 Å². The Labute approximate surface area is 99.8 Å². The number of hydrogen-bond donors (Lipinski definition) is 1. The first-order valence-corrected chi connectivity index (χ1v) is 6.24. The van der Waals surface area contributed by atoms with Crippen LogP contribution >= 0.6 is 0 Å². The maximum absolute atomic E-state index is 3.79. The minimum atomic E-state index is 0.966. The van der Waals surface area contributed by atoms with E-state index in [1.165, 1.54) is 26.1 Å². The van der Waals surface area contributed by atoms with Gasteiger partial charge in [-0.05, 0) is 13.0 Å². The lowest BCUT2D eigenvalue weighted by molar-refractivity contribution is 0.221. The van der Waals surface area contributed by atoms with E-state index in [0.717, 1.165) is 32.7 Å². The lowest BCUT2D eigenvalue weighted by Gasteiger charge is -2.28. The molecule has 0 saturated carbocycles. The summed E-state index contributed by atoms with van der Waals surface area (Å²) in [6.07, 6.45) is 5.17. The highest BCUT2D eigenvalue weighted by molar-refractivity contribution is 4.80. The van der Waals surface area contributed by atoms with E-state index < -0.39 is 0 Å². The van der Waals surface area contributed by atoms with Crippen LogP contribution in [0.25, 0.3) is 0 Å². The Morgan fingerprint density at radius 1 is 1.12 bits per heavy atom. The highest BCUT2D eigenvalue weighted by atomic mass is 15.2. The van der Waals surface area contributed by atoms with Gasteiger partial charge in [-0.25, -0.2) is 0 Å². The Morgan fingerprint density at radius 3 is 2.31 bits per heavy atom. The maximum atomic E-state index is 3.79. The third kappa shape index (κ3) is 5.45. The second-order valence-electron chi connectivity index (χ2n) is 4.28. The van der Waals surface area contributed by atoms with Gasteiger partial charge in [-0.1, -0.05) is 12.2 Å². The smallest absolute Gasteiger partial charge is 0.0163 e. The first-order chi connectivity index (χ1) is 7.86. The molecule has 0 radical (unpaired) electrons. The van der Waals surface area contributed by atoms with Crippen molar-refractivity contribution in [2.75, 3.05) is 52.4 Å². The quantitative estimate of drug-likeness (QED) is 0.618. The van der Waals surface area contributed by atoms with Crippen molar-refractivity contribution in [3.8, 4) is 0 Å². The van der Waals surface area contributed by atoms with E-state index in [0.29, 0.717) is 0 Å². The first kappa shape index (κ1) is 13.4. The predicted octanol–water partition coefficient (Wildman–Crippen LogP) is 0.956. The van der Waals surface area contributed by atoms with Crippen molar-refractivity contribution < 1.29 is 0 Å². The van der Waals surface area contributed by atoms with Crippen LogP contribution in [-0.4, -0.2) is 62.2 Å². The Morgan fingerprint density at radius 2 is 1.75 bits per heavy atom. The van der Waals surface area contributed by atoms with Crippen molar-refractivity contribution in [3.63, 3.8) is 0 Å². The zero-order valence-electron chi connectivity index (χ0n) is 10.3. The molecule has 92 valence electrons. The summed E-state index contributed by atoms with van der Waals surface area (Å²) in [6, 6.07) is 0. The largest absolute Gasteiger partial charge is 0.314 e. The minimum Gasteiger partial charge on any atom is -0.314 e. The van der Waals surface area contributed by atoms with Crippen LogP contribution in [-0.2, 0) is 0 Å². The molecule has 0 aliphatic carbocycles. The van der Waals surface area contributed by atoms with Crippen LogP contribution < -0.4 is 5.32 Å². The van der Waals surface area contributed by atoms with Crippen molar-refractivity contribution >= 4 is 0 Å². The van der Waals surface area contributed by atoms with E-state index in [9.17, 15) is 0 Å². The summed E-state index contributed by atoms with van der Waals surface area (Å²) in [5.74, 6) is 0. The van der Waals surface area contributed by atoms with Gasteiger partial charge >= 0.3 is 0 Å². The van der Waals surface area contributed by atoms with Gasteiger partial charge in [0, 0.05) is 45.8 Å². The Balaban J connectivity index is 2.10. The van der Waals surface area contributed by atoms with Crippen LogP contribution in [0, 0.1) is 0 Å². The van der Waals surface area contributed by atoms with Gasteiger partial charge in [0.25, 0.3) is 0 Å². The molecule has 0 bridgehead atoms. The molecule has 1 aliphatic heterocycles. The molecular weight excluding hydrogens is 198 g/mol. The van der Waals surface area contributed by atoms with Gasteiger partial charge in [0.1, 0.15) is 0 Å². The van der Waals surface area contributed by atoms with Crippen molar-refractivity contribution in [1.29, 1.82) is 0 Å². The van der Waals surface area contributed by atoms with Crippen molar-refractivity contribution in [1.82, 2.24) is 15.1 Å². The Kier molecular flexibility index (Phi) is 7.14. The molecule has 3 nitrogen and oxygen atoms in total. The van der Waals surface area contributed by atoms with E-state index in [1.807, 2.05) is 12.2 Å². The second-order valence-corrected chi connectivity index (χ2v) is 4.28. The maximum Gasteiger partial charge on any atom is 0.0163 e. The molecular formula is C13H25N3. The van der Waals surface area contributed by atoms with Gasteiger partial charge in [0.2, 0.25) is 0 Å². The summed E-state index contributed by atoms with van der Waals surface area (Å²) in [4.78, 5) is 4.92. The SMILES string of the molecule is C=CCN(CC=C)CCCN1CCNCC1. The third-order valence-corrected chi connectivity index (χ3v) is 2.93. The topological polar surface area (TPSA) is 18.5 Å². The van der Waals surface area contributed by atoms with E-state index in [1.54, 1.807) is 0 Å². The van der Waals surface area contributed by atoms with Crippen LogP contribution in [0.1, 0.15) is 6.42 Å². The summed E-state index contributed by atoms with van der Waals surface area (Å²) in [7, 11) is 0. The van der Waals surface area contributed by atoms with E-state index >= 15 is 0 Å². The zero-order chi connectivity index (χ0) is 11.6. The molecule has 0 aromatic heterocycles.